The first-order valence-corrected chi connectivity index (χ1v) is 9.71. The molecular formula is C17H16ClF3N2O4S. The lowest BCUT2D eigenvalue weighted by atomic mass is 10.1. The van der Waals surface area contributed by atoms with Gasteiger partial charge >= 0.3 is 6.18 Å². The van der Waals surface area contributed by atoms with E-state index < -0.39 is 33.4 Å². The first-order chi connectivity index (χ1) is 13.0. The quantitative estimate of drug-likeness (QED) is 0.719. The van der Waals surface area contributed by atoms with Crippen molar-refractivity contribution in [3.05, 3.63) is 52.5 Å². The Bertz CT molecular complexity index is 994. The summed E-state index contributed by atoms with van der Waals surface area (Å²) in [6.45, 7) is 1.67. The summed E-state index contributed by atoms with van der Waals surface area (Å²) in [4.78, 5) is 12.1. The molecule has 28 heavy (non-hydrogen) atoms. The van der Waals surface area contributed by atoms with Crippen LogP contribution in [0.3, 0.4) is 0 Å². The number of benzene rings is 2. The number of nitrogens with one attached hydrogen (secondary N) is 2. The fraction of sp³-hybridized carbons (Fsp3) is 0.235. The highest BCUT2D eigenvalue weighted by molar-refractivity contribution is 7.89. The lowest BCUT2D eigenvalue weighted by Crippen LogP contribution is -2.24. The first-order valence-electron chi connectivity index (χ1n) is 7.85. The summed E-state index contributed by atoms with van der Waals surface area (Å²) < 4.78 is 71.3. The maximum absolute atomic E-state index is 13.2. The Labute approximate surface area is 164 Å². The summed E-state index contributed by atoms with van der Waals surface area (Å²) in [5.74, 6) is -0.941. The topological polar surface area (TPSA) is 84.5 Å². The number of hydrogen-bond donors (Lipinski definition) is 2. The van der Waals surface area contributed by atoms with Gasteiger partial charge in [0.05, 0.1) is 18.4 Å². The van der Waals surface area contributed by atoms with Gasteiger partial charge in [-0.3, -0.25) is 4.79 Å². The number of hydrogen-bond acceptors (Lipinski definition) is 4. The van der Waals surface area contributed by atoms with Crippen molar-refractivity contribution in [2.24, 2.45) is 0 Å². The number of methoxy groups -OCH3 is 1. The van der Waals surface area contributed by atoms with E-state index in [-0.39, 0.29) is 27.8 Å². The van der Waals surface area contributed by atoms with Gasteiger partial charge in [0, 0.05) is 17.1 Å². The standard InChI is InChI=1S/C17H16ClF3N2O4S/c1-3-22-28(25,26)15-8-10(4-7-14(15)27-2)16(24)23-13-6-5-11(18)9-12(13)17(19,20)21/h4-9,22H,3H2,1-2H3,(H,23,24). The zero-order chi connectivity index (χ0) is 21.1. The van der Waals surface area contributed by atoms with Crippen molar-refractivity contribution in [2.45, 2.75) is 18.0 Å². The maximum Gasteiger partial charge on any atom is 0.418 e. The largest absolute Gasteiger partial charge is 0.495 e. The van der Waals surface area contributed by atoms with Crippen LogP contribution in [-0.4, -0.2) is 28.0 Å². The zero-order valence-corrected chi connectivity index (χ0v) is 16.3. The Kier molecular flexibility index (Phi) is 6.58. The molecule has 6 nitrogen and oxygen atoms in total. The molecular weight excluding hydrogens is 421 g/mol. The van der Waals surface area contributed by atoms with E-state index >= 15 is 0 Å². The summed E-state index contributed by atoms with van der Waals surface area (Å²) in [6.07, 6.45) is -4.74. The summed E-state index contributed by atoms with van der Waals surface area (Å²) in [5.41, 5.74) is -1.79. The van der Waals surface area contributed by atoms with E-state index in [1.165, 1.54) is 25.3 Å². The maximum atomic E-state index is 13.2. The average molecular weight is 437 g/mol. The van der Waals surface area contributed by atoms with Gasteiger partial charge in [-0.2, -0.15) is 13.2 Å². The highest BCUT2D eigenvalue weighted by Gasteiger charge is 2.34. The smallest absolute Gasteiger partial charge is 0.418 e. The van der Waals surface area contributed by atoms with Crippen LogP contribution in [0.4, 0.5) is 18.9 Å². The molecule has 2 aromatic carbocycles. The Balaban J connectivity index is 2.44. The van der Waals surface area contributed by atoms with Crippen molar-refractivity contribution in [1.82, 2.24) is 4.72 Å². The van der Waals surface area contributed by atoms with E-state index in [1.807, 2.05) is 0 Å². The van der Waals surface area contributed by atoms with Crippen molar-refractivity contribution in [1.29, 1.82) is 0 Å². The van der Waals surface area contributed by atoms with Crippen LogP contribution in [0, 0.1) is 0 Å². The molecule has 2 rings (SSSR count). The van der Waals surface area contributed by atoms with Crippen molar-refractivity contribution < 1.29 is 31.1 Å². The Morgan fingerprint density at radius 1 is 1.18 bits per heavy atom. The minimum absolute atomic E-state index is 0.0139. The number of carbonyl (C=O) groups excluding carboxylic acids is 1. The number of alkyl halides is 3. The van der Waals surface area contributed by atoms with Crippen LogP contribution in [0.15, 0.2) is 41.3 Å². The predicted octanol–water partition coefficient (Wildman–Crippen LogP) is 3.92. The predicted molar refractivity (Wildman–Crippen MR) is 98.3 cm³/mol. The molecule has 0 radical (unpaired) electrons. The molecule has 2 aromatic rings. The molecule has 0 saturated carbocycles. The number of halogens is 4. The fourth-order valence-electron chi connectivity index (χ4n) is 2.35. The van der Waals surface area contributed by atoms with Crippen LogP contribution < -0.4 is 14.8 Å². The molecule has 0 aliphatic rings. The Morgan fingerprint density at radius 2 is 1.86 bits per heavy atom. The Hall–Kier alpha value is -2.30. The minimum Gasteiger partial charge on any atom is -0.495 e. The summed E-state index contributed by atoms with van der Waals surface area (Å²) in [7, 11) is -2.72. The highest BCUT2D eigenvalue weighted by atomic mass is 35.5. The Morgan fingerprint density at radius 3 is 2.43 bits per heavy atom. The molecule has 0 heterocycles. The molecule has 2 N–H and O–H groups in total. The summed E-state index contributed by atoms with van der Waals surface area (Å²) in [5, 5.41) is 1.99. The number of amides is 1. The van der Waals surface area contributed by atoms with Crippen molar-refractivity contribution in [3.63, 3.8) is 0 Å². The zero-order valence-electron chi connectivity index (χ0n) is 14.7. The van der Waals surface area contributed by atoms with E-state index in [9.17, 15) is 26.4 Å². The molecule has 11 heteroatoms. The van der Waals surface area contributed by atoms with Crippen molar-refractivity contribution >= 4 is 33.2 Å². The van der Waals surface area contributed by atoms with Gasteiger partial charge in [-0.25, -0.2) is 13.1 Å². The average Bonchev–Trinajstić information content (AvgIpc) is 2.61. The molecule has 0 spiro atoms. The van der Waals surface area contributed by atoms with Crippen LogP contribution in [0.5, 0.6) is 5.75 Å². The lowest BCUT2D eigenvalue weighted by Gasteiger charge is -2.15. The molecule has 0 fully saturated rings. The minimum atomic E-state index is -4.74. The van der Waals surface area contributed by atoms with Gasteiger partial charge in [0.15, 0.2) is 0 Å². The molecule has 152 valence electrons. The SMILES string of the molecule is CCNS(=O)(=O)c1cc(C(=O)Nc2ccc(Cl)cc2C(F)(F)F)ccc1OC. The third-order valence-electron chi connectivity index (χ3n) is 3.58. The number of ether oxygens (including phenoxy) is 1. The van der Waals surface area contributed by atoms with Crippen LogP contribution >= 0.6 is 11.6 Å². The normalized spacial score (nSPS) is 11.9. The van der Waals surface area contributed by atoms with E-state index in [2.05, 4.69) is 10.0 Å². The van der Waals surface area contributed by atoms with Crippen LogP contribution in [0.1, 0.15) is 22.8 Å². The van der Waals surface area contributed by atoms with Gasteiger partial charge in [-0.05, 0) is 36.4 Å². The molecule has 0 aliphatic carbocycles. The molecule has 0 aliphatic heterocycles. The van der Waals surface area contributed by atoms with Gasteiger partial charge in [-0.15, -0.1) is 0 Å². The number of carbonyl (C=O) groups is 1. The monoisotopic (exact) mass is 436 g/mol. The highest BCUT2D eigenvalue weighted by Crippen LogP contribution is 2.36. The van der Waals surface area contributed by atoms with Gasteiger partial charge in [0.25, 0.3) is 5.91 Å². The summed E-state index contributed by atoms with van der Waals surface area (Å²) >= 11 is 5.61. The molecule has 0 saturated heterocycles. The van der Waals surface area contributed by atoms with Gasteiger partial charge in [0.2, 0.25) is 10.0 Å². The van der Waals surface area contributed by atoms with Gasteiger partial charge < -0.3 is 10.1 Å². The molecule has 0 atom stereocenters. The van der Waals surface area contributed by atoms with E-state index in [4.69, 9.17) is 16.3 Å². The van der Waals surface area contributed by atoms with E-state index in [0.29, 0.717) is 6.07 Å². The second-order valence-corrected chi connectivity index (χ2v) is 7.68. The lowest BCUT2D eigenvalue weighted by molar-refractivity contribution is -0.136. The number of sulfonamides is 1. The number of rotatable bonds is 6. The first kappa shape index (κ1) is 22.0. The fourth-order valence-corrected chi connectivity index (χ4v) is 3.76. The third-order valence-corrected chi connectivity index (χ3v) is 5.39. The van der Waals surface area contributed by atoms with Gasteiger partial charge in [-0.1, -0.05) is 18.5 Å². The van der Waals surface area contributed by atoms with Crippen LogP contribution in [0.2, 0.25) is 5.02 Å². The molecule has 1 amide bonds. The molecule has 0 aromatic heterocycles. The molecule has 0 unspecified atom stereocenters. The van der Waals surface area contributed by atoms with E-state index in [0.717, 1.165) is 12.1 Å². The van der Waals surface area contributed by atoms with E-state index in [1.54, 1.807) is 6.92 Å². The van der Waals surface area contributed by atoms with Crippen molar-refractivity contribution in [3.8, 4) is 5.75 Å². The van der Waals surface area contributed by atoms with Crippen LogP contribution in [0.25, 0.3) is 0 Å². The second-order valence-electron chi connectivity index (χ2n) is 5.51. The summed E-state index contributed by atoms with van der Waals surface area (Å²) in [6, 6.07) is 6.40. The molecule has 0 bridgehead atoms. The third kappa shape index (κ3) is 4.94. The van der Waals surface area contributed by atoms with Gasteiger partial charge in [0.1, 0.15) is 10.6 Å². The van der Waals surface area contributed by atoms with Crippen molar-refractivity contribution in [2.75, 3.05) is 19.0 Å². The second kappa shape index (κ2) is 8.38. The number of anilines is 1. The van der Waals surface area contributed by atoms with Crippen LogP contribution in [-0.2, 0) is 16.2 Å².